The van der Waals surface area contributed by atoms with Crippen molar-refractivity contribution in [1.29, 1.82) is 0 Å². The topological polar surface area (TPSA) is 71.0 Å². The number of sulfone groups is 1. The highest BCUT2D eigenvalue weighted by molar-refractivity contribution is 7.91. The largest absolute Gasteiger partial charge is 0.376 e. The van der Waals surface area contributed by atoms with Crippen LogP contribution >= 0.6 is 0 Å². The molecular weight excluding hydrogens is 362 g/mol. The summed E-state index contributed by atoms with van der Waals surface area (Å²) in [5.41, 5.74) is 0. The summed E-state index contributed by atoms with van der Waals surface area (Å²) in [6, 6.07) is 0. The Bertz CT molecular complexity index is 600. The molecular formula is C20H37N3O3S. The van der Waals surface area contributed by atoms with Gasteiger partial charge in [0, 0.05) is 32.8 Å². The van der Waals surface area contributed by atoms with E-state index in [0.29, 0.717) is 29.9 Å². The van der Waals surface area contributed by atoms with Crippen molar-refractivity contribution in [3.8, 4) is 0 Å². The van der Waals surface area contributed by atoms with Crippen LogP contribution < -0.4 is 5.32 Å². The van der Waals surface area contributed by atoms with E-state index in [2.05, 4.69) is 24.1 Å². The molecule has 0 saturated carbocycles. The molecule has 3 aliphatic heterocycles. The first kappa shape index (κ1) is 20.9. The molecule has 0 bridgehead atoms. The van der Waals surface area contributed by atoms with E-state index in [-0.39, 0.29) is 12.0 Å². The van der Waals surface area contributed by atoms with E-state index in [9.17, 15) is 8.42 Å². The van der Waals surface area contributed by atoms with Crippen molar-refractivity contribution in [3.63, 3.8) is 0 Å². The van der Waals surface area contributed by atoms with Gasteiger partial charge < -0.3 is 15.0 Å². The molecule has 6 nitrogen and oxygen atoms in total. The van der Waals surface area contributed by atoms with E-state index >= 15 is 0 Å². The van der Waals surface area contributed by atoms with Crippen LogP contribution in [0.2, 0.25) is 0 Å². The minimum atomic E-state index is -2.84. The molecule has 1 N–H and O–H groups in total. The summed E-state index contributed by atoms with van der Waals surface area (Å²) in [6.45, 7) is 8.94. The maximum atomic E-state index is 11.7. The molecule has 0 aliphatic carbocycles. The Morgan fingerprint density at radius 3 is 2.74 bits per heavy atom. The number of hydrogen-bond acceptors (Lipinski definition) is 4. The molecule has 0 spiro atoms. The SMILES string of the molecule is CC(C)C1CCCN(C(=NCC2CCS(=O)(=O)C2)NCC2CCCCO2)C1. The molecule has 3 saturated heterocycles. The van der Waals surface area contributed by atoms with Gasteiger partial charge in [-0.05, 0) is 56.3 Å². The number of guanidine groups is 1. The molecule has 3 atom stereocenters. The van der Waals surface area contributed by atoms with Crippen molar-refractivity contribution in [2.24, 2.45) is 22.7 Å². The lowest BCUT2D eigenvalue weighted by Gasteiger charge is -2.37. The van der Waals surface area contributed by atoms with Crippen LogP contribution in [0.3, 0.4) is 0 Å². The zero-order valence-corrected chi connectivity index (χ0v) is 17.8. The number of hydrogen-bond donors (Lipinski definition) is 1. The average Bonchev–Trinajstić information content (AvgIpc) is 3.01. The number of likely N-dealkylation sites (tertiary alicyclic amines) is 1. The van der Waals surface area contributed by atoms with Crippen LogP contribution in [0.15, 0.2) is 4.99 Å². The molecule has 3 rings (SSSR count). The maximum Gasteiger partial charge on any atom is 0.194 e. The normalized spacial score (nSPS) is 32.0. The summed E-state index contributed by atoms with van der Waals surface area (Å²) >= 11 is 0. The molecule has 27 heavy (non-hydrogen) atoms. The van der Waals surface area contributed by atoms with Crippen molar-refractivity contribution >= 4 is 15.8 Å². The first-order chi connectivity index (χ1) is 12.9. The Labute approximate surface area is 165 Å². The Balaban J connectivity index is 1.62. The molecule has 0 aromatic heterocycles. The fourth-order valence-electron chi connectivity index (χ4n) is 4.42. The molecule has 7 heteroatoms. The van der Waals surface area contributed by atoms with Gasteiger partial charge in [0.25, 0.3) is 0 Å². The van der Waals surface area contributed by atoms with Gasteiger partial charge in [-0.15, -0.1) is 0 Å². The van der Waals surface area contributed by atoms with Crippen LogP contribution in [0.1, 0.15) is 52.4 Å². The van der Waals surface area contributed by atoms with E-state index in [1.54, 1.807) is 0 Å². The van der Waals surface area contributed by atoms with E-state index in [1.807, 2.05) is 0 Å². The third kappa shape index (κ3) is 6.34. The molecule has 0 amide bonds. The van der Waals surface area contributed by atoms with Gasteiger partial charge in [0.05, 0.1) is 17.6 Å². The average molecular weight is 400 g/mol. The predicted molar refractivity (Wildman–Crippen MR) is 110 cm³/mol. The number of rotatable bonds is 5. The second kappa shape index (κ2) is 9.59. The first-order valence-corrected chi connectivity index (χ1v) is 12.6. The summed E-state index contributed by atoms with van der Waals surface area (Å²) in [7, 11) is -2.84. The van der Waals surface area contributed by atoms with Crippen LogP contribution in [-0.4, -0.2) is 69.7 Å². The van der Waals surface area contributed by atoms with Gasteiger partial charge in [0.15, 0.2) is 15.8 Å². The summed E-state index contributed by atoms with van der Waals surface area (Å²) in [5, 5.41) is 3.56. The highest BCUT2D eigenvalue weighted by Crippen LogP contribution is 2.24. The standard InChI is InChI=1S/C20H37N3O3S/c1-16(2)18-6-5-9-23(14-18)20(22-13-19-7-3-4-10-26-19)21-12-17-8-11-27(24,25)15-17/h16-19H,3-15H2,1-2H3,(H,21,22). The number of ether oxygens (including phenoxy) is 1. The fourth-order valence-corrected chi connectivity index (χ4v) is 6.27. The quantitative estimate of drug-likeness (QED) is 0.567. The van der Waals surface area contributed by atoms with Crippen LogP contribution in [0, 0.1) is 17.8 Å². The van der Waals surface area contributed by atoms with Gasteiger partial charge in [-0.25, -0.2) is 8.42 Å². The fraction of sp³-hybridized carbons (Fsp3) is 0.950. The van der Waals surface area contributed by atoms with Gasteiger partial charge in [-0.3, -0.25) is 4.99 Å². The first-order valence-electron chi connectivity index (χ1n) is 10.8. The monoisotopic (exact) mass is 399 g/mol. The molecule has 3 aliphatic rings. The van der Waals surface area contributed by atoms with Crippen LogP contribution in [0.25, 0.3) is 0 Å². The second-order valence-corrected chi connectivity index (χ2v) is 11.1. The predicted octanol–water partition coefficient (Wildman–Crippen LogP) is 2.30. The van der Waals surface area contributed by atoms with Gasteiger partial charge in [-0.2, -0.15) is 0 Å². The van der Waals surface area contributed by atoms with Crippen molar-refractivity contribution in [2.45, 2.75) is 58.5 Å². The number of nitrogens with zero attached hydrogens (tertiary/aromatic N) is 2. The Hall–Kier alpha value is -0.820. The van der Waals surface area contributed by atoms with Crippen molar-refractivity contribution in [2.75, 3.05) is 44.3 Å². The minimum absolute atomic E-state index is 0.170. The van der Waals surface area contributed by atoms with E-state index in [1.165, 1.54) is 19.3 Å². The third-order valence-corrected chi connectivity index (χ3v) is 8.12. The van der Waals surface area contributed by atoms with Gasteiger partial charge in [-0.1, -0.05) is 13.8 Å². The summed E-state index contributed by atoms with van der Waals surface area (Å²) in [4.78, 5) is 7.27. The highest BCUT2D eigenvalue weighted by Gasteiger charge is 2.29. The van der Waals surface area contributed by atoms with Crippen molar-refractivity contribution in [3.05, 3.63) is 0 Å². The third-order valence-electron chi connectivity index (χ3n) is 6.29. The van der Waals surface area contributed by atoms with Crippen molar-refractivity contribution in [1.82, 2.24) is 10.2 Å². The van der Waals surface area contributed by atoms with E-state index in [4.69, 9.17) is 9.73 Å². The van der Waals surface area contributed by atoms with Crippen LogP contribution in [0.5, 0.6) is 0 Å². The van der Waals surface area contributed by atoms with Crippen LogP contribution in [-0.2, 0) is 14.6 Å². The van der Waals surface area contributed by atoms with Crippen molar-refractivity contribution < 1.29 is 13.2 Å². The summed E-state index contributed by atoms with van der Waals surface area (Å²) < 4.78 is 29.4. The lowest BCUT2D eigenvalue weighted by atomic mass is 9.88. The molecule has 156 valence electrons. The van der Waals surface area contributed by atoms with Gasteiger partial charge >= 0.3 is 0 Å². The molecule has 3 unspecified atom stereocenters. The summed E-state index contributed by atoms with van der Waals surface area (Å²) in [6.07, 6.45) is 7.00. The smallest absolute Gasteiger partial charge is 0.194 e. The maximum absolute atomic E-state index is 11.7. The Kier molecular flexibility index (Phi) is 7.42. The molecule has 0 radical (unpaired) electrons. The zero-order valence-electron chi connectivity index (χ0n) is 17.0. The second-order valence-electron chi connectivity index (χ2n) is 8.90. The lowest BCUT2D eigenvalue weighted by molar-refractivity contribution is 0.0189. The highest BCUT2D eigenvalue weighted by atomic mass is 32.2. The molecule has 3 fully saturated rings. The molecule has 0 aromatic carbocycles. The number of aliphatic imine (C=N–C) groups is 1. The van der Waals surface area contributed by atoms with E-state index in [0.717, 1.165) is 51.5 Å². The zero-order chi connectivity index (χ0) is 19.3. The Morgan fingerprint density at radius 1 is 1.22 bits per heavy atom. The number of nitrogens with one attached hydrogen (secondary N) is 1. The minimum Gasteiger partial charge on any atom is -0.376 e. The van der Waals surface area contributed by atoms with Gasteiger partial charge in [0.2, 0.25) is 0 Å². The van der Waals surface area contributed by atoms with Gasteiger partial charge in [0.1, 0.15) is 0 Å². The molecule has 3 heterocycles. The molecule has 0 aromatic rings. The lowest BCUT2D eigenvalue weighted by Crippen LogP contribution is -2.49. The van der Waals surface area contributed by atoms with Crippen LogP contribution in [0.4, 0.5) is 0 Å². The summed E-state index contributed by atoms with van der Waals surface area (Å²) in [5.74, 6) is 3.12. The van der Waals surface area contributed by atoms with E-state index < -0.39 is 9.84 Å². The Morgan fingerprint density at radius 2 is 2.07 bits per heavy atom. The number of piperidine rings is 1.